The van der Waals surface area contributed by atoms with Crippen molar-refractivity contribution in [2.75, 3.05) is 39.6 Å². The molecule has 19 heteroatoms. The number of unbranched alkanes of at least 4 members (excludes halogenated alkanes) is 50. The smallest absolute Gasteiger partial charge is 0.462 e. The molecule has 97 heavy (non-hydrogen) atoms. The van der Waals surface area contributed by atoms with Crippen molar-refractivity contribution < 1.29 is 80.2 Å². The number of aliphatic hydroxyl groups is 1. The number of ether oxygens (including phenoxy) is 4. The molecule has 0 aliphatic rings. The van der Waals surface area contributed by atoms with Crippen molar-refractivity contribution in [3.05, 3.63) is 0 Å². The molecule has 0 aromatic carbocycles. The van der Waals surface area contributed by atoms with E-state index in [1.165, 1.54) is 231 Å². The molecule has 0 heterocycles. The average molecular weight is 1420 g/mol. The molecule has 5 atom stereocenters. The lowest BCUT2D eigenvalue weighted by Crippen LogP contribution is -2.30. The Kier molecular flexibility index (Phi) is 69.6. The van der Waals surface area contributed by atoms with E-state index in [9.17, 15) is 43.2 Å². The van der Waals surface area contributed by atoms with Crippen LogP contribution in [-0.2, 0) is 65.4 Å². The van der Waals surface area contributed by atoms with Gasteiger partial charge in [0.15, 0.2) is 12.2 Å². The number of phosphoric acid groups is 2. The summed E-state index contributed by atoms with van der Waals surface area (Å²) in [6.07, 6.45) is 61.2. The van der Waals surface area contributed by atoms with E-state index in [0.29, 0.717) is 31.6 Å². The van der Waals surface area contributed by atoms with Crippen molar-refractivity contribution in [3.63, 3.8) is 0 Å². The third kappa shape index (κ3) is 72.2. The van der Waals surface area contributed by atoms with Crippen molar-refractivity contribution >= 4 is 39.5 Å². The number of hydrogen-bond donors (Lipinski definition) is 3. The molecule has 0 rings (SSSR count). The largest absolute Gasteiger partial charge is 0.472 e. The summed E-state index contributed by atoms with van der Waals surface area (Å²) in [4.78, 5) is 72.8. The highest BCUT2D eigenvalue weighted by Gasteiger charge is 2.30. The number of rotatable bonds is 78. The lowest BCUT2D eigenvalue weighted by atomic mass is 10.0. The number of hydrogen-bond acceptors (Lipinski definition) is 15. The first-order chi connectivity index (χ1) is 47.0. The molecule has 0 saturated carbocycles. The third-order valence-corrected chi connectivity index (χ3v) is 20.2. The highest BCUT2D eigenvalue weighted by atomic mass is 31.2. The quantitative estimate of drug-likeness (QED) is 0.0222. The molecule has 0 amide bonds. The maximum absolute atomic E-state index is 13.1. The van der Waals surface area contributed by atoms with Crippen LogP contribution in [0.2, 0.25) is 0 Å². The maximum atomic E-state index is 13.1. The second-order valence-corrected chi connectivity index (χ2v) is 31.5. The standard InChI is InChI=1S/C78H152O17P2/c1-6-9-12-15-18-21-24-27-29-30-31-32-33-34-35-38-41-44-47-54-59-64-77(82)94-73(67-88-75(80)61-56-51-45-42-39-37-28-25-22-19-16-13-10-7-2)69-92-96(84,85)90-65-72(79)66-91-97(86,87)93-70-74(68-89-76(81)62-57-52-49-48-50-55-60-71(4)5)95-78(83)63-58-53-46-43-40-36-26-23-20-17-14-11-8-3/h71-74,79H,6-70H2,1-5H3,(H,84,85)(H,86,87)/t72-,73-,74-/m1/s1. The predicted molar refractivity (Wildman–Crippen MR) is 395 cm³/mol. The van der Waals surface area contributed by atoms with E-state index in [-0.39, 0.29) is 25.7 Å². The molecule has 2 unspecified atom stereocenters. The van der Waals surface area contributed by atoms with Gasteiger partial charge in [-0.05, 0) is 31.6 Å². The first-order valence-corrected chi connectivity index (χ1v) is 43.6. The molecule has 0 aliphatic heterocycles. The van der Waals surface area contributed by atoms with Crippen LogP contribution in [0.25, 0.3) is 0 Å². The molecule has 0 aliphatic carbocycles. The molecule has 576 valence electrons. The lowest BCUT2D eigenvalue weighted by Gasteiger charge is -2.21. The van der Waals surface area contributed by atoms with E-state index in [1.54, 1.807) is 0 Å². The SMILES string of the molecule is CCCCCCCCCCCCCCCCCCCCCCCC(=O)O[C@H](COC(=O)CCCCCCCCCCCCCCCC)COP(=O)(O)OC[C@@H](O)COP(=O)(O)OC[C@@H](COC(=O)CCCCCCCCC(C)C)OC(=O)CCCCCCCCCCCCCCC. The third-order valence-electron chi connectivity index (χ3n) is 18.3. The monoisotopic (exact) mass is 1420 g/mol. The fourth-order valence-corrected chi connectivity index (χ4v) is 13.6. The molecule has 0 spiro atoms. The molecule has 17 nitrogen and oxygen atoms in total. The van der Waals surface area contributed by atoms with Gasteiger partial charge in [0.2, 0.25) is 0 Å². The van der Waals surface area contributed by atoms with Gasteiger partial charge in [-0.3, -0.25) is 37.3 Å². The number of carbonyl (C=O) groups excluding carboxylic acids is 4. The lowest BCUT2D eigenvalue weighted by molar-refractivity contribution is -0.161. The van der Waals surface area contributed by atoms with Crippen LogP contribution in [0.1, 0.15) is 413 Å². The minimum Gasteiger partial charge on any atom is -0.462 e. The van der Waals surface area contributed by atoms with Gasteiger partial charge in [-0.15, -0.1) is 0 Å². The van der Waals surface area contributed by atoms with E-state index in [0.717, 1.165) is 96.3 Å². The number of phosphoric ester groups is 2. The van der Waals surface area contributed by atoms with E-state index < -0.39 is 97.5 Å². The van der Waals surface area contributed by atoms with Gasteiger partial charge in [-0.1, -0.05) is 362 Å². The molecule has 0 radical (unpaired) electrons. The molecule has 0 saturated heterocycles. The Balaban J connectivity index is 5.19. The molecular weight excluding hydrogens is 1270 g/mol. The number of aliphatic hydroxyl groups excluding tert-OH is 1. The number of esters is 4. The van der Waals surface area contributed by atoms with Crippen LogP contribution in [0.15, 0.2) is 0 Å². The summed E-state index contributed by atoms with van der Waals surface area (Å²) in [6.45, 7) is 7.23. The average Bonchev–Trinajstić information content (AvgIpc) is 1.16. The Bertz CT molecular complexity index is 1860. The van der Waals surface area contributed by atoms with Gasteiger partial charge in [0, 0.05) is 25.7 Å². The Morgan fingerprint density at radius 3 is 0.701 bits per heavy atom. The molecule has 0 fully saturated rings. The van der Waals surface area contributed by atoms with Crippen molar-refractivity contribution in [2.24, 2.45) is 5.92 Å². The summed E-state index contributed by atoms with van der Waals surface area (Å²) < 4.78 is 68.6. The summed E-state index contributed by atoms with van der Waals surface area (Å²) in [5.74, 6) is -1.43. The van der Waals surface area contributed by atoms with E-state index in [4.69, 9.17) is 37.0 Å². The molecule has 0 aromatic rings. The summed E-state index contributed by atoms with van der Waals surface area (Å²) in [5, 5.41) is 10.6. The Morgan fingerprint density at radius 1 is 0.278 bits per heavy atom. The van der Waals surface area contributed by atoms with Crippen LogP contribution < -0.4 is 0 Å². The Labute approximate surface area is 594 Å². The van der Waals surface area contributed by atoms with Crippen LogP contribution in [0.5, 0.6) is 0 Å². The number of carbonyl (C=O) groups is 4. The summed E-state index contributed by atoms with van der Waals surface area (Å²) in [7, 11) is -9.91. The van der Waals surface area contributed by atoms with Crippen molar-refractivity contribution in [1.82, 2.24) is 0 Å². The fourth-order valence-electron chi connectivity index (χ4n) is 12.1. The highest BCUT2D eigenvalue weighted by molar-refractivity contribution is 7.47. The highest BCUT2D eigenvalue weighted by Crippen LogP contribution is 2.45. The Hall–Kier alpha value is -1.94. The van der Waals surface area contributed by atoms with Crippen molar-refractivity contribution in [1.29, 1.82) is 0 Å². The molecule has 0 aromatic heterocycles. The second-order valence-electron chi connectivity index (χ2n) is 28.6. The van der Waals surface area contributed by atoms with Gasteiger partial charge in [-0.25, -0.2) is 9.13 Å². The summed E-state index contributed by atoms with van der Waals surface area (Å²) in [5.41, 5.74) is 0. The van der Waals surface area contributed by atoms with E-state index in [2.05, 4.69) is 34.6 Å². The first-order valence-electron chi connectivity index (χ1n) is 40.6. The van der Waals surface area contributed by atoms with Crippen LogP contribution in [-0.4, -0.2) is 96.7 Å². The topological polar surface area (TPSA) is 237 Å². The van der Waals surface area contributed by atoms with Crippen molar-refractivity contribution in [2.45, 2.75) is 432 Å². The van der Waals surface area contributed by atoms with Gasteiger partial charge in [0.25, 0.3) is 0 Å². The minimum atomic E-state index is -4.96. The molecular formula is C78H152O17P2. The fraction of sp³-hybridized carbons (Fsp3) is 0.949. The van der Waals surface area contributed by atoms with Crippen molar-refractivity contribution in [3.8, 4) is 0 Å². The predicted octanol–water partition coefficient (Wildman–Crippen LogP) is 23.3. The zero-order valence-corrected chi connectivity index (χ0v) is 65.0. The second kappa shape index (κ2) is 71.1. The minimum absolute atomic E-state index is 0.107. The first kappa shape index (κ1) is 95.1. The summed E-state index contributed by atoms with van der Waals surface area (Å²) >= 11 is 0. The van der Waals surface area contributed by atoms with E-state index in [1.807, 2.05) is 0 Å². The van der Waals surface area contributed by atoms with Gasteiger partial charge >= 0.3 is 39.5 Å². The summed E-state index contributed by atoms with van der Waals surface area (Å²) in [6, 6.07) is 0. The van der Waals surface area contributed by atoms with Crippen LogP contribution in [0.4, 0.5) is 0 Å². The van der Waals surface area contributed by atoms with E-state index >= 15 is 0 Å². The molecule has 3 N–H and O–H groups in total. The van der Waals surface area contributed by atoms with Gasteiger partial charge in [0.1, 0.15) is 19.3 Å². The normalized spacial score (nSPS) is 13.9. The van der Waals surface area contributed by atoms with Gasteiger partial charge < -0.3 is 33.8 Å². The zero-order valence-electron chi connectivity index (χ0n) is 63.2. The van der Waals surface area contributed by atoms with Crippen LogP contribution in [0, 0.1) is 5.92 Å². The van der Waals surface area contributed by atoms with Gasteiger partial charge in [-0.2, -0.15) is 0 Å². The van der Waals surface area contributed by atoms with Gasteiger partial charge in [0.05, 0.1) is 26.4 Å². The van der Waals surface area contributed by atoms with Crippen LogP contribution in [0.3, 0.4) is 0 Å². The van der Waals surface area contributed by atoms with Crippen LogP contribution >= 0.6 is 15.6 Å². The maximum Gasteiger partial charge on any atom is 0.472 e. The Morgan fingerprint density at radius 2 is 0.474 bits per heavy atom. The zero-order chi connectivity index (χ0) is 71.2. The molecule has 0 bridgehead atoms.